The van der Waals surface area contributed by atoms with Crippen LogP contribution in [0.15, 0.2) is 33.9 Å². The van der Waals surface area contributed by atoms with Gasteiger partial charge >= 0.3 is 11.7 Å². The number of hydrogen-bond acceptors (Lipinski definition) is 5. The highest BCUT2D eigenvalue weighted by Crippen LogP contribution is 2.09. The third-order valence-corrected chi connectivity index (χ3v) is 3.45. The number of esters is 1. The van der Waals surface area contributed by atoms with Crippen molar-refractivity contribution in [2.24, 2.45) is 7.05 Å². The predicted molar refractivity (Wildman–Crippen MR) is 86.5 cm³/mol. The van der Waals surface area contributed by atoms with E-state index in [1.54, 1.807) is 6.92 Å². The van der Waals surface area contributed by atoms with Gasteiger partial charge in [0.1, 0.15) is 12.4 Å². The number of carbonyl (C=O) groups is 1. The molecule has 1 heterocycles. The Morgan fingerprint density at radius 3 is 2.56 bits per heavy atom. The minimum absolute atomic E-state index is 0.143. The molecular weight excluding hydrogens is 336 g/mol. The van der Waals surface area contributed by atoms with Crippen LogP contribution in [-0.4, -0.2) is 28.3 Å². The summed E-state index contributed by atoms with van der Waals surface area (Å²) in [5.74, 6) is -2.46. The molecule has 0 amide bonds. The van der Waals surface area contributed by atoms with Gasteiger partial charge < -0.3 is 10.1 Å². The Labute approximate surface area is 141 Å². The van der Waals surface area contributed by atoms with Crippen LogP contribution in [0.4, 0.5) is 14.6 Å². The topological polar surface area (TPSA) is 82.3 Å². The predicted octanol–water partition coefficient (Wildman–Crippen LogP) is 0.848. The van der Waals surface area contributed by atoms with E-state index < -0.39 is 28.9 Å². The van der Waals surface area contributed by atoms with E-state index in [1.807, 2.05) is 0 Å². The molecule has 1 aromatic carbocycles. The van der Waals surface area contributed by atoms with E-state index in [-0.39, 0.29) is 31.1 Å². The lowest BCUT2D eigenvalue weighted by atomic mass is 10.2. The lowest BCUT2D eigenvalue weighted by molar-refractivity contribution is -0.140. The fraction of sp³-hybridized carbons (Fsp3) is 0.312. The van der Waals surface area contributed by atoms with Crippen LogP contribution >= 0.6 is 0 Å². The Balaban J connectivity index is 2.28. The molecule has 2 aromatic rings. The number of hydrogen-bond donors (Lipinski definition) is 1. The summed E-state index contributed by atoms with van der Waals surface area (Å²) in [6, 6.07) is 4.28. The summed E-state index contributed by atoms with van der Waals surface area (Å²) in [5.41, 5.74) is -1.03. The van der Waals surface area contributed by atoms with Gasteiger partial charge in [0.25, 0.3) is 5.56 Å². The van der Waals surface area contributed by atoms with Gasteiger partial charge in [-0.15, -0.1) is 0 Å². The maximum atomic E-state index is 13.3. The van der Waals surface area contributed by atoms with Gasteiger partial charge in [0.05, 0.1) is 13.2 Å². The molecule has 0 saturated heterocycles. The second-order valence-electron chi connectivity index (χ2n) is 5.20. The van der Waals surface area contributed by atoms with E-state index >= 15 is 0 Å². The second kappa shape index (κ2) is 7.73. The van der Waals surface area contributed by atoms with Crippen LogP contribution in [0, 0.1) is 11.6 Å². The molecule has 0 aliphatic carbocycles. The smallest absolute Gasteiger partial charge is 0.332 e. The SMILES string of the molecule is CCOC(=O)CNc1cc(=O)n(Cc2ccc(F)c(F)c2)c(=O)n1C. The summed E-state index contributed by atoms with van der Waals surface area (Å²) >= 11 is 0. The average molecular weight is 353 g/mol. The highest BCUT2D eigenvalue weighted by molar-refractivity contribution is 5.74. The van der Waals surface area contributed by atoms with Crippen molar-refractivity contribution in [1.82, 2.24) is 9.13 Å². The zero-order valence-corrected chi connectivity index (χ0v) is 13.7. The van der Waals surface area contributed by atoms with Crippen molar-refractivity contribution < 1.29 is 18.3 Å². The van der Waals surface area contributed by atoms with Crippen molar-refractivity contribution in [3.8, 4) is 0 Å². The monoisotopic (exact) mass is 353 g/mol. The molecule has 0 saturated carbocycles. The number of anilines is 1. The molecular formula is C16H17F2N3O4. The van der Waals surface area contributed by atoms with Crippen LogP contribution < -0.4 is 16.6 Å². The Morgan fingerprint density at radius 2 is 1.92 bits per heavy atom. The molecule has 0 unspecified atom stereocenters. The third kappa shape index (κ3) is 4.31. The minimum Gasteiger partial charge on any atom is -0.465 e. The number of aromatic nitrogens is 2. The van der Waals surface area contributed by atoms with E-state index in [1.165, 1.54) is 13.1 Å². The zero-order chi connectivity index (χ0) is 18.6. The molecule has 9 heteroatoms. The molecule has 7 nitrogen and oxygen atoms in total. The fourth-order valence-electron chi connectivity index (χ4n) is 2.18. The minimum atomic E-state index is -1.06. The van der Waals surface area contributed by atoms with Crippen LogP contribution in [0.3, 0.4) is 0 Å². The van der Waals surface area contributed by atoms with Gasteiger partial charge in [-0.2, -0.15) is 0 Å². The number of benzene rings is 1. The van der Waals surface area contributed by atoms with Crippen LogP contribution in [0.1, 0.15) is 12.5 Å². The molecule has 0 aliphatic heterocycles. The summed E-state index contributed by atoms with van der Waals surface area (Å²) in [6.07, 6.45) is 0. The molecule has 134 valence electrons. The third-order valence-electron chi connectivity index (χ3n) is 3.45. The molecule has 0 atom stereocenters. The molecule has 0 spiro atoms. The summed E-state index contributed by atoms with van der Waals surface area (Å²) in [5, 5.41) is 2.65. The van der Waals surface area contributed by atoms with Crippen LogP contribution in [0.2, 0.25) is 0 Å². The van der Waals surface area contributed by atoms with Gasteiger partial charge in [-0.3, -0.25) is 18.7 Å². The van der Waals surface area contributed by atoms with Gasteiger partial charge in [-0.05, 0) is 24.6 Å². The number of rotatable bonds is 6. The quantitative estimate of drug-likeness (QED) is 0.779. The highest BCUT2D eigenvalue weighted by Gasteiger charge is 2.12. The first-order chi connectivity index (χ1) is 11.8. The summed E-state index contributed by atoms with van der Waals surface area (Å²) in [7, 11) is 1.41. The maximum Gasteiger partial charge on any atom is 0.332 e. The summed E-state index contributed by atoms with van der Waals surface area (Å²) in [6.45, 7) is 1.47. The van der Waals surface area contributed by atoms with E-state index in [2.05, 4.69) is 5.32 Å². The van der Waals surface area contributed by atoms with Gasteiger partial charge in [-0.25, -0.2) is 13.6 Å². The van der Waals surface area contributed by atoms with Crippen LogP contribution in [0.5, 0.6) is 0 Å². The van der Waals surface area contributed by atoms with Crippen LogP contribution in [0.25, 0.3) is 0 Å². The van der Waals surface area contributed by atoms with E-state index in [0.29, 0.717) is 0 Å². The molecule has 0 fully saturated rings. The van der Waals surface area contributed by atoms with Crippen molar-refractivity contribution in [1.29, 1.82) is 0 Å². The number of nitrogens with zero attached hydrogens (tertiary/aromatic N) is 2. The summed E-state index contributed by atoms with van der Waals surface area (Å²) in [4.78, 5) is 35.8. The Kier molecular flexibility index (Phi) is 5.68. The van der Waals surface area contributed by atoms with Gasteiger partial charge in [0, 0.05) is 13.1 Å². The molecule has 25 heavy (non-hydrogen) atoms. The first kappa shape index (κ1) is 18.4. The highest BCUT2D eigenvalue weighted by atomic mass is 19.2. The Bertz CT molecular complexity index is 905. The molecule has 1 aromatic heterocycles. The van der Waals surface area contributed by atoms with Gasteiger partial charge in [-0.1, -0.05) is 6.07 Å². The average Bonchev–Trinajstić information content (AvgIpc) is 2.57. The normalized spacial score (nSPS) is 10.6. The standard InChI is InChI=1S/C16H17F2N3O4/c1-3-25-15(23)8-19-13-7-14(22)21(16(24)20(13)2)9-10-4-5-11(17)12(18)6-10/h4-7,19H,3,8-9H2,1-2H3. The lowest BCUT2D eigenvalue weighted by Crippen LogP contribution is -2.40. The van der Waals surface area contributed by atoms with Crippen molar-refractivity contribution in [3.05, 3.63) is 62.3 Å². The largest absolute Gasteiger partial charge is 0.465 e. The van der Waals surface area contributed by atoms with Gasteiger partial charge in [0.2, 0.25) is 0 Å². The Morgan fingerprint density at radius 1 is 1.20 bits per heavy atom. The second-order valence-corrected chi connectivity index (χ2v) is 5.20. The van der Waals surface area contributed by atoms with Gasteiger partial charge in [0.15, 0.2) is 11.6 Å². The molecule has 1 N–H and O–H groups in total. The summed E-state index contributed by atoms with van der Waals surface area (Å²) < 4.78 is 33.0. The van der Waals surface area contributed by atoms with Crippen molar-refractivity contribution >= 4 is 11.8 Å². The van der Waals surface area contributed by atoms with E-state index in [4.69, 9.17) is 4.74 Å². The number of nitrogens with one attached hydrogen (secondary N) is 1. The van der Waals surface area contributed by atoms with Crippen LogP contribution in [-0.2, 0) is 23.1 Å². The first-order valence-electron chi connectivity index (χ1n) is 7.47. The molecule has 2 rings (SSSR count). The number of carbonyl (C=O) groups excluding carboxylic acids is 1. The molecule has 0 bridgehead atoms. The van der Waals surface area contributed by atoms with Crippen molar-refractivity contribution in [2.45, 2.75) is 13.5 Å². The molecule has 0 aliphatic rings. The zero-order valence-electron chi connectivity index (χ0n) is 13.7. The lowest BCUT2D eigenvalue weighted by Gasteiger charge is -2.13. The van der Waals surface area contributed by atoms with Crippen molar-refractivity contribution in [3.63, 3.8) is 0 Å². The maximum absolute atomic E-state index is 13.3. The molecule has 0 radical (unpaired) electrons. The fourth-order valence-corrected chi connectivity index (χ4v) is 2.18. The Hall–Kier alpha value is -2.97. The number of halogens is 2. The van der Waals surface area contributed by atoms with E-state index in [0.717, 1.165) is 27.3 Å². The van der Waals surface area contributed by atoms with Crippen molar-refractivity contribution in [2.75, 3.05) is 18.5 Å². The number of ether oxygens (including phenoxy) is 1. The first-order valence-corrected chi connectivity index (χ1v) is 7.47. The van der Waals surface area contributed by atoms with E-state index in [9.17, 15) is 23.2 Å².